The number of carbonyl (C=O) groups is 1. The molecule has 100 valence electrons. The van der Waals surface area contributed by atoms with Crippen molar-refractivity contribution in [3.05, 3.63) is 29.0 Å². The van der Waals surface area contributed by atoms with E-state index in [1.165, 1.54) is 6.20 Å². The largest absolute Gasteiger partial charge is 0.396 e. The maximum absolute atomic E-state index is 11.6. The predicted octanol–water partition coefficient (Wildman–Crippen LogP) is 1.70. The Morgan fingerprint density at radius 3 is 2.89 bits per heavy atom. The van der Waals surface area contributed by atoms with Crippen molar-refractivity contribution in [2.75, 3.05) is 6.61 Å². The Morgan fingerprint density at radius 2 is 2.33 bits per heavy atom. The number of pyridine rings is 1. The average molecular weight is 272 g/mol. The number of nitrogens with one attached hydrogen (secondary N) is 2. The third-order valence-corrected chi connectivity index (χ3v) is 2.75. The zero-order chi connectivity index (χ0) is 13.4. The minimum Gasteiger partial charge on any atom is -0.396 e. The molecule has 0 aromatic carbocycles. The van der Waals surface area contributed by atoms with Crippen molar-refractivity contribution < 1.29 is 9.90 Å². The fourth-order valence-electron chi connectivity index (χ4n) is 1.45. The van der Waals surface area contributed by atoms with E-state index < -0.39 is 0 Å². The summed E-state index contributed by atoms with van der Waals surface area (Å²) in [5.41, 5.74) is 0.741. The first-order chi connectivity index (χ1) is 8.65. The van der Waals surface area contributed by atoms with Crippen molar-refractivity contribution in [3.63, 3.8) is 0 Å². The van der Waals surface area contributed by atoms with Gasteiger partial charge in [-0.05, 0) is 25.0 Å². The Kier molecular flexibility index (Phi) is 6.46. The van der Waals surface area contributed by atoms with E-state index in [1.807, 2.05) is 6.92 Å². The van der Waals surface area contributed by atoms with Gasteiger partial charge in [-0.25, -0.2) is 4.79 Å². The number of aliphatic hydroxyl groups is 1. The highest BCUT2D eigenvalue weighted by atomic mass is 35.5. The number of amides is 2. The number of aromatic nitrogens is 1. The molecule has 1 rings (SSSR count). The first kappa shape index (κ1) is 14.7. The van der Waals surface area contributed by atoms with Gasteiger partial charge in [-0.15, -0.1) is 0 Å². The first-order valence-corrected chi connectivity index (χ1v) is 6.29. The lowest BCUT2D eigenvalue weighted by Gasteiger charge is -2.16. The molecule has 3 N–H and O–H groups in total. The van der Waals surface area contributed by atoms with E-state index in [-0.39, 0.29) is 18.7 Å². The molecule has 0 saturated heterocycles. The van der Waals surface area contributed by atoms with Crippen molar-refractivity contribution >= 4 is 17.6 Å². The molecule has 1 aromatic heterocycles. The van der Waals surface area contributed by atoms with Crippen molar-refractivity contribution in [3.8, 4) is 0 Å². The van der Waals surface area contributed by atoms with Gasteiger partial charge in [-0.2, -0.15) is 0 Å². The summed E-state index contributed by atoms with van der Waals surface area (Å²) in [6.45, 7) is 2.37. The van der Waals surface area contributed by atoms with Crippen molar-refractivity contribution in [2.24, 2.45) is 0 Å². The molecule has 0 spiro atoms. The maximum atomic E-state index is 11.6. The van der Waals surface area contributed by atoms with E-state index in [0.29, 0.717) is 18.0 Å². The molecule has 0 aliphatic carbocycles. The van der Waals surface area contributed by atoms with Gasteiger partial charge in [-0.3, -0.25) is 4.98 Å². The van der Waals surface area contributed by atoms with Crippen LogP contribution in [0.3, 0.4) is 0 Å². The number of nitrogens with zero attached hydrogens (tertiary/aromatic N) is 1. The molecule has 0 bridgehead atoms. The molecule has 1 aromatic rings. The van der Waals surface area contributed by atoms with Crippen LogP contribution in [0.5, 0.6) is 0 Å². The van der Waals surface area contributed by atoms with Crippen LogP contribution in [0.2, 0.25) is 5.02 Å². The molecule has 1 heterocycles. The van der Waals surface area contributed by atoms with Gasteiger partial charge in [0.1, 0.15) is 0 Å². The minimum atomic E-state index is -0.257. The van der Waals surface area contributed by atoms with Crippen LogP contribution in [0.1, 0.15) is 25.5 Å². The smallest absolute Gasteiger partial charge is 0.315 e. The fraction of sp³-hybridized carbons (Fsp3) is 0.500. The zero-order valence-electron chi connectivity index (χ0n) is 10.3. The first-order valence-electron chi connectivity index (χ1n) is 5.91. The number of rotatable bonds is 6. The van der Waals surface area contributed by atoms with Gasteiger partial charge in [0.15, 0.2) is 0 Å². The van der Waals surface area contributed by atoms with E-state index in [9.17, 15) is 4.79 Å². The van der Waals surface area contributed by atoms with Gasteiger partial charge >= 0.3 is 6.03 Å². The molecule has 2 amide bonds. The molecule has 18 heavy (non-hydrogen) atoms. The zero-order valence-corrected chi connectivity index (χ0v) is 11.1. The van der Waals surface area contributed by atoms with Crippen LogP contribution in [-0.4, -0.2) is 28.8 Å². The summed E-state index contributed by atoms with van der Waals surface area (Å²) in [5, 5.41) is 14.9. The topological polar surface area (TPSA) is 74.2 Å². The third kappa shape index (κ3) is 5.33. The summed E-state index contributed by atoms with van der Waals surface area (Å²) >= 11 is 5.71. The second-order valence-electron chi connectivity index (χ2n) is 3.91. The number of halogens is 1. The predicted molar refractivity (Wildman–Crippen MR) is 70.4 cm³/mol. The monoisotopic (exact) mass is 271 g/mol. The molecule has 0 aliphatic heterocycles. The number of hydrogen-bond acceptors (Lipinski definition) is 3. The Labute approximate surface area is 112 Å². The highest BCUT2D eigenvalue weighted by molar-refractivity contribution is 6.30. The number of hydrogen-bond donors (Lipinski definition) is 3. The lowest BCUT2D eigenvalue weighted by Crippen LogP contribution is -2.42. The lowest BCUT2D eigenvalue weighted by molar-refractivity contribution is 0.227. The van der Waals surface area contributed by atoms with Crippen LogP contribution in [-0.2, 0) is 6.54 Å². The lowest BCUT2D eigenvalue weighted by atomic mass is 10.2. The molecule has 0 saturated carbocycles. The highest BCUT2D eigenvalue weighted by Crippen LogP contribution is 2.05. The second kappa shape index (κ2) is 7.89. The maximum Gasteiger partial charge on any atom is 0.315 e. The number of carbonyl (C=O) groups excluding carboxylic acids is 1. The standard InChI is InChI=1S/C12H18ClN3O2/c1-2-10(5-6-17)16-12(18)15-8-11-4-3-9(13)7-14-11/h3-4,7,10,17H,2,5-6,8H2,1H3,(H2,15,16,18). The summed E-state index contributed by atoms with van der Waals surface area (Å²) < 4.78 is 0. The Bertz CT molecular complexity index is 370. The molecule has 0 aliphatic rings. The van der Waals surface area contributed by atoms with Crippen LogP contribution < -0.4 is 10.6 Å². The molecule has 1 unspecified atom stereocenters. The summed E-state index contributed by atoms with van der Waals surface area (Å²) in [4.78, 5) is 15.6. The molecular weight excluding hydrogens is 254 g/mol. The summed E-state index contributed by atoms with van der Waals surface area (Å²) in [6.07, 6.45) is 2.88. The van der Waals surface area contributed by atoms with Crippen LogP contribution in [0.4, 0.5) is 4.79 Å². The van der Waals surface area contributed by atoms with Crippen LogP contribution >= 0.6 is 11.6 Å². The number of aliphatic hydroxyl groups excluding tert-OH is 1. The van der Waals surface area contributed by atoms with Crippen LogP contribution in [0.15, 0.2) is 18.3 Å². The molecule has 0 fully saturated rings. The van der Waals surface area contributed by atoms with Gasteiger partial charge in [0.05, 0.1) is 17.3 Å². The van der Waals surface area contributed by atoms with Gasteiger partial charge < -0.3 is 15.7 Å². The molecule has 6 heteroatoms. The highest BCUT2D eigenvalue weighted by Gasteiger charge is 2.09. The van der Waals surface area contributed by atoms with E-state index in [4.69, 9.17) is 16.7 Å². The molecular formula is C12H18ClN3O2. The van der Waals surface area contributed by atoms with Crippen molar-refractivity contribution in [1.29, 1.82) is 0 Å². The van der Waals surface area contributed by atoms with Gasteiger partial charge in [0.25, 0.3) is 0 Å². The van der Waals surface area contributed by atoms with E-state index in [1.54, 1.807) is 12.1 Å². The molecule has 5 nitrogen and oxygen atoms in total. The van der Waals surface area contributed by atoms with Crippen LogP contribution in [0.25, 0.3) is 0 Å². The van der Waals surface area contributed by atoms with E-state index in [2.05, 4.69) is 15.6 Å². The molecule has 1 atom stereocenters. The summed E-state index contributed by atoms with van der Waals surface area (Å²) in [5.74, 6) is 0. The summed E-state index contributed by atoms with van der Waals surface area (Å²) in [7, 11) is 0. The van der Waals surface area contributed by atoms with Gasteiger partial charge in [0, 0.05) is 18.8 Å². The van der Waals surface area contributed by atoms with Crippen molar-refractivity contribution in [1.82, 2.24) is 15.6 Å². The van der Waals surface area contributed by atoms with Gasteiger partial charge in [-0.1, -0.05) is 18.5 Å². The SMILES string of the molecule is CCC(CCO)NC(=O)NCc1ccc(Cl)cn1. The Hall–Kier alpha value is -1.33. The van der Waals surface area contributed by atoms with Gasteiger partial charge in [0.2, 0.25) is 0 Å². The Balaban J connectivity index is 2.34. The normalized spacial score (nSPS) is 11.9. The quantitative estimate of drug-likeness (QED) is 0.737. The summed E-state index contributed by atoms with van der Waals surface area (Å²) in [6, 6.07) is 3.22. The Morgan fingerprint density at radius 1 is 1.56 bits per heavy atom. The third-order valence-electron chi connectivity index (χ3n) is 2.52. The number of urea groups is 1. The van der Waals surface area contributed by atoms with Crippen molar-refractivity contribution in [2.45, 2.75) is 32.4 Å². The second-order valence-corrected chi connectivity index (χ2v) is 4.35. The van der Waals surface area contributed by atoms with E-state index in [0.717, 1.165) is 12.1 Å². The fourth-order valence-corrected chi connectivity index (χ4v) is 1.56. The van der Waals surface area contributed by atoms with Crippen LogP contribution in [0, 0.1) is 0 Å². The molecule has 0 radical (unpaired) electrons. The van der Waals surface area contributed by atoms with E-state index >= 15 is 0 Å². The average Bonchev–Trinajstić information content (AvgIpc) is 2.37. The minimum absolute atomic E-state index is 0.00632.